The molecule has 19 heavy (non-hydrogen) atoms. The predicted octanol–water partition coefficient (Wildman–Crippen LogP) is 2.27. The Morgan fingerprint density at radius 3 is 3.05 bits per heavy atom. The van der Waals surface area contributed by atoms with Gasteiger partial charge < -0.3 is 9.84 Å². The maximum Gasteiger partial charge on any atom is 0.231 e. The van der Waals surface area contributed by atoms with E-state index in [2.05, 4.69) is 15.5 Å². The summed E-state index contributed by atoms with van der Waals surface area (Å²) in [5, 5.41) is 7.34. The third-order valence-electron chi connectivity index (χ3n) is 3.45. The molecular weight excluding hydrogens is 245 g/mol. The second-order valence-electron chi connectivity index (χ2n) is 4.86. The fourth-order valence-electron chi connectivity index (χ4n) is 2.38. The van der Waals surface area contributed by atoms with Gasteiger partial charge >= 0.3 is 0 Å². The first-order valence-corrected chi connectivity index (χ1v) is 6.59. The lowest BCUT2D eigenvalue weighted by atomic mass is 9.99. The van der Waals surface area contributed by atoms with E-state index < -0.39 is 0 Å². The molecule has 1 N–H and O–H groups in total. The van der Waals surface area contributed by atoms with Crippen molar-refractivity contribution >= 4 is 0 Å². The number of nitrogens with zero attached hydrogens (tertiary/aromatic N) is 2. The van der Waals surface area contributed by atoms with Crippen LogP contribution in [-0.2, 0) is 6.42 Å². The van der Waals surface area contributed by atoms with Crippen molar-refractivity contribution in [2.45, 2.75) is 25.2 Å². The maximum atomic E-state index is 13.5. The van der Waals surface area contributed by atoms with Crippen LogP contribution in [0.2, 0.25) is 0 Å². The van der Waals surface area contributed by atoms with Crippen molar-refractivity contribution in [3.05, 3.63) is 47.4 Å². The summed E-state index contributed by atoms with van der Waals surface area (Å²) < 4.78 is 18.8. The predicted molar refractivity (Wildman–Crippen MR) is 68.3 cm³/mol. The summed E-state index contributed by atoms with van der Waals surface area (Å²) in [4.78, 5) is 4.39. The number of hydrogen-bond donors (Lipinski definition) is 1. The molecule has 4 nitrogen and oxygen atoms in total. The largest absolute Gasteiger partial charge is 0.339 e. The molecule has 0 radical (unpaired) electrons. The van der Waals surface area contributed by atoms with Gasteiger partial charge in [0.25, 0.3) is 0 Å². The van der Waals surface area contributed by atoms with Crippen molar-refractivity contribution in [1.29, 1.82) is 0 Å². The molecule has 0 spiro atoms. The van der Waals surface area contributed by atoms with Gasteiger partial charge in [0.2, 0.25) is 5.89 Å². The Kier molecular flexibility index (Phi) is 3.55. The standard InChI is InChI=1S/C14H16FN3O/c15-12-6-2-1-4-10(12)8-13-17-14(18-19-13)11-5-3-7-16-9-11/h1-2,4,6,11,16H,3,5,7-9H2. The first kappa shape index (κ1) is 12.3. The normalized spacial score (nSPS) is 19.5. The van der Waals surface area contributed by atoms with Crippen LogP contribution in [-0.4, -0.2) is 23.2 Å². The molecule has 1 atom stereocenters. The molecule has 1 saturated heterocycles. The third-order valence-corrected chi connectivity index (χ3v) is 3.45. The Bertz CT molecular complexity index is 549. The van der Waals surface area contributed by atoms with Gasteiger partial charge in [-0.15, -0.1) is 0 Å². The molecule has 1 unspecified atom stereocenters. The fourth-order valence-corrected chi connectivity index (χ4v) is 2.38. The molecule has 0 aliphatic carbocycles. The topological polar surface area (TPSA) is 51.0 Å². The highest BCUT2D eigenvalue weighted by Crippen LogP contribution is 2.21. The summed E-state index contributed by atoms with van der Waals surface area (Å²) >= 11 is 0. The van der Waals surface area contributed by atoms with Crippen molar-refractivity contribution in [2.24, 2.45) is 0 Å². The van der Waals surface area contributed by atoms with Gasteiger partial charge in [0.05, 0.1) is 6.42 Å². The summed E-state index contributed by atoms with van der Waals surface area (Å²) in [5.41, 5.74) is 0.583. The molecule has 1 aromatic carbocycles. The van der Waals surface area contributed by atoms with E-state index >= 15 is 0 Å². The van der Waals surface area contributed by atoms with E-state index in [-0.39, 0.29) is 5.82 Å². The van der Waals surface area contributed by atoms with E-state index in [0.29, 0.717) is 23.8 Å². The minimum atomic E-state index is -0.235. The van der Waals surface area contributed by atoms with Crippen molar-refractivity contribution in [2.75, 3.05) is 13.1 Å². The molecule has 0 bridgehead atoms. The zero-order valence-corrected chi connectivity index (χ0v) is 10.6. The van der Waals surface area contributed by atoms with Crippen LogP contribution in [0.15, 0.2) is 28.8 Å². The van der Waals surface area contributed by atoms with E-state index in [9.17, 15) is 4.39 Å². The lowest BCUT2D eigenvalue weighted by Crippen LogP contribution is -2.28. The monoisotopic (exact) mass is 261 g/mol. The molecule has 0 amide bonds. The second kappa shape index (κ2) is 5.48. The molecule has 2 aromatic rings. The van der Waals surface area contributed by atoms with E-state index in [4.69, 9.17) is 4.52 Å². The van der Waals surface area contributed by atoms with E-state index in [1.54, 1.807) is 18.2 Å². The molecule has 1 aromatic heterocycles. The molecule has 1 aliphatic heterocycles. The van der Waals surface area contributed by atoms with Crippen LogP contribution in [0, 0.1) is 5.82 Å². The fraction of sp³-hybridized carbons (Fsp3) is 0.429. The Morgan fingerprint density at radius 2 is 2.26 bits per heavy atom. The highest BCUT2D eigenvalue weighted by molar-refractivity contribution is 5.20. The number of nitrogens with one attached hydrogen (secondary N) is 1. The van der Waals surface area contributed by atoms with Crippen LogP contribution in [0.5, 0.6) is 0 Å². The molecule has 5 heteroatoms. The summed E-state index contributed by atoms with van der Waals surface area (Å²) in [7, 11) is 0. The van der Waals surface area contributed by atoms with Gasteiger partial charge in [-0.1, -0.05) is 23.4 Å². The molecule has 0 saturated carbocycles. The van der Waals surface area contributed by atoms with Crippen LogP contribution in [0.3, 0.4) is 0 Å². The van der Waals surface area contributed by atoms with Crippen LogP contribution in [0.25, 0.3) is 0 Å². The number of rotatable bonds is 3. The minimum absolute atomic E-state index is 0.235. The van der Waals surface area contributed by atoms with Crippen molar-refractivity contribution in [3.63, 3.8) is 0 Å². The Balaban J connectivity index is 1.73. The number of benzene rings is 1. The first-order chi connectivity index (χ1) is 9.33. The van der Waals surface area contributed by atoms with Crippen LogP contribution in [0.4, 0.5) is 4.39 Å². The summed E-state index contributed by atoms with van der Waals surface area (Å²) in [6.07, 6.45) is 2.55. The number of piperidine rings is 1. The molecule has 1 fully saturated rings. The van der Waals surface area contributed by atoms with Gasteiger partial charge in [0, 0.05) is 12.5 Å². The minimum Gasteiger partial charge on any atom is -0.339 e. The number of hydrogen-bond acceptors (Lipinski definition) is 4. The summed E-state index contributed by atoms with van der Waals surface area (Å²) in [6.45, 7) is 1.94. The zero-order valence-electron chi connectivity index (χ0n) is 10.6. The van der Waals surface area contributed by atoms with Crippen molar-refractivity contribution in [1.82, 2.24) is 15.5 Å². The van der Waals surface area contributed by atoms with Gasteiger partial charge in [-0.25, -0.2) is 4.39 Å². The lowest BCUT2D eigenvalue weighted by molar-refractivity contribution is 0.365. The number of halogens is 1. The van der Waals surface area contributed by atoms with Gasteiger partial charge in [-0.05, 0) is 31.0 Å². The van der Waals surface area contributed by atoms with Crippen molar-refractivity contribution in [3.8, 4) is 0 Å². The Hall–Kier alpha value is -1.75. The van der Waals surface area contributed by atoms with Crippen LogP contribution < -0.4 is 5.32 Å². The SMILES string of the molecule is Fc1ccccc1Cc1nc(C2CCCNC2)no1. The molecule has 1 aliphatic rings. The molecular formula is C14H16FN3O. The Morgan fingerprint density at radius 1 is 1.37 bits per heavy atom. The highest BCUT2D eigenvalue weighted by Gasteiger charge is 2.20. The molecule has 3 rings (SSSR count). The van der Waals surface area contributed by atoms with Gasteiger partial charge in [0.1, 0.15) is 5.82 Å². The number of aromatic nitrogens is 2. The Labute approximate surface area is 111 Å². The molecule has 100 valence electrons. The van der Waals surface area contributed by atoms with Crippen LogP contribution >= 0.6 is 0 Å². The first-order valence-electron chi connectivity index (χ1n) is 6.59. The third kappa shape index (κ3) is 2.81. The van der Waals surface area contributed by atoms with Gasteiger partial charge in [-0.3, -0.25) is 0 Å². The van der Waals surface area contributed by atoms with Crippen molar-refractivity contribution < 1.29 is 8.91 Å². The van der Waals surface area contributed by atoms with Crippen LogP contribution in [0.1, 0.15) is 36.0 Å². The average molecular weight is 261 g/mol. The lowest BCUT2D eigenvalue weighted by Gasteiger charge is -2.19. The average Bonchev–Trinajstić information content (AvgIpc) is 2.91. The smallest absolute Gasteiger partial charge is 0.231 e. The quantitative estimate of drug-likeness (QED) is 0.920. The zero-order chi connectivity index (χ0) is 13.1. The second-order valence-corrected chi connectivity index (χ2v) is 4.86. The van der Waals surface area contributed by atoms with Gasteiger partial charge in [0.15, 0.2) is 5.82 Å². The highest BCUT2D eigenvalue weighted by atomic mass is 19.1. The van der Waals surface area contributed by atoms with E-state index in [0.717, 1.165) is 31.8 Å². The van der Waals surface area contributed by atoms with E-state index in [1.165, 1.54) is 6.07 Å². The maximum absolute atomic E-state index is 13.5. The van der Waals surface area contributed by atoms with E-state index in [1.807, 2.05) is 0 Å². The summed E-state index contributed by atoms with van der Waals surface area (Å²) in [6, 6.07) is 6.66. The molecule has 2 heterocycles. The summed E-state index contributed by atoms with van der Waals surface area (Å²) in [5.74, 6) is 1.29. The van der Waals surface area contributed by atoms with Gasteiger partial charge in [-0.2, -0.15) is 4.98 Å².